The summed E-state index contributed by atoms with van der Waals surface area (Å²) in [6, 6.07) is 4.57. The van der Waals surface area contributed by atoms with E-state index in [0.29, 0.717) is 11.1 Å². The van der Waals surface area contributed by atoms with Crippen LogP contribution in [-0.4, -0.2) is 39.5 Å². The van der Waals surface area contributed by atoms with Crippen molar-refractivity contribution in [1.29, 1.82) is 0 Å². The first-order valence-electron chi connectivity index (χ1n) is 7.11. The number of H-pyrrole nitrogens is 1. The molecule has 0 aliphatic rings. The van der Waals surface area contributed by atoms with Crippen LogP contribution in [0, 0.1) is 0 Å². The number of ether oxygens (including phenoxy) is 1. The molecule has 23 heavy (non-hydrogen) atoms. The summed E-state index contributed by atoms with van der Waals surface area (Å²) in [6.07, 6.45) is -3.18. The summed E-state index contributed by atoms with van der Waals surface area (Å²) in [4.78, 5) is 25.1. The van der Waals surface area contributed by atoms with E-state index in [1.165, 1.54) is 6.07 Å². The molecule has 8 heteroatoms. The van der Waals surface area contributed by atoms with Gasteiger partial charge in [0.1, 0.15) is 17.8 Å². The number of hydrogen-bond acceptors (Lipinski definition) is 6. The maximum atomic E-state index is 11.5. The number of hydrogen-bond donors (Lipinski definition) is 4. The van der Waals surface area contributed by atoms with Gasteiger partial charge in [0.05, 0.1) is 5.52 Å². The minimum atomic E-state index is -1.26. The Kier molecular flexibility index (Phi) is 4.76. The number of fused-ring (bicyclic) bond motifs is 1. The summed E-state index contributed by atoms with van der Waals surface area (Å²) in [6.45, 7) is 4.97. The van der Waals surface area contributed by atoms with E-state index in [9.17, 15) is 19.8 Å². The Morgan fingerprint density at radius 2 is 2.09 bits per heavy atom. The van der Waals surface area contributed by atoms with Crippen LogP contribution in [0.3, 0.4) is 0 Å². The number of aliphatic hydroxyl groups excluding tert-OH is 2. The number of oxazole rings is 1. The van der Waals surface area contributed by atoms with Crippen LogP contribution in [0.15, 0.2) is 27.4 Å². The van der Waals surface area contributed by atoms with Gasteiger partial charge in [-0.3, -0.25) is 4.98 Å². The molecule has 0 saturated carbocycles. The second kappa shape index (κ2) is 6.43. The van der Waals surface area contributed by atoms with E-state index in [1.54, 1.807) is 32.9 Å². The van der Waals surface area contributed by atoms with Crippen LogP contribution in [0.25, 0.3) is 11.1 Å². The second-order valence-electron chi connectivity index (χ2n) is 6.17. The van der Waals surface area contributed by atoms with Gasteiger partial charge in [0, 0.05) is 6.54 Å². The smallest absolute Gasteiger partial charge is 0.417 e. The van der Waals surface area contributed by atoms with Gasteiger partial charge in [-0.25, -0.2) is 9.59 Å². The van der Waals surface area contributed by atoms with E-state index in [4.69, 9.17) is 9.15 Å². The number of aromatic nitrogens is 1. The highest BCUT2D eigenvalue weighted by molar-refractivity contribution is 5.72. The van der Waals surface area contributed by atoms with Crippen molar-refractivity contribution in [3.63, 3.8) is 0 Å². The Morgan fingerprint density at radius 3 is 2.74 bits per heavy atom. The lowest BCUT2D eigenvalue weighted by Gasteiger charge is -2.22. The van der Waals surface area contributed by atoms with Crippen molar-refractivity contribution in [2.45, 2.75) is 38.6 Å². The standard InChI is InChI=1S/C15H20N2O6/c1-15(2,3)23-13(20)16-7-10(18)12(19)8-4-5-9-11(6-8)22-14(21)17-9/h4-6,10,12,18-19H,7H2,1-3H3,(H,16,20)(H,17,21). The zero-order valence-corrected chi connectivity index (χ0v) is 13.1. The first-order chi connectivity index (χ1) is 10.7. The largest absolute Gasteiger partial charge is 0.444 e. The van der Waals surface area contributed by atoms with Gasteiger partial charge in [-0.2, -0.15) is 0 Å². The first-order valence-corrected chi connectivity index (χ1v) is 7.11. The van der Waals surface area contributed by atoms with Gasteiger partial charge in [0.15, 0.2) is 5.58 Å². The van der Waals surface area contributed by atoms with Crippen molar-refractivity contribution in [2.75, 3.05) is 6.54 Å². The monoisotopic (exact) mass is 324 g/mol. The Balaban J connectivity index is 1.99. The summed E-state index contributed by atoms with van der Waals surface area (Å²) < 4.78 is 9.94. The summed E-state index contributed by atoms with van der Waals surface area (Å²) >= 11 is 0. The Labute approximate surface area is 132 Å². The van der Waals surface area contributed by atoms with E-state index < -0.39 is 29.7 Å². The molecule has 4 N–H and O–H groups in total. The minimum Gasteiger partial charge on any atom is -0.444 e. The maximum absolute atomic E-state index is 11.5. The van der Waals surface area contributed by atoms with Gasteiger partial charge in [0.25, 0.3) is 0 Å². The molecule has 0 radical (unpaired) electrons. The molecule has 126 valence electrons. The molecule has 2 unspecified atom stereocenters. The van der Waals surface area contributed by atoms with Gasteiger partial charge in [-0.05, 0) is 38.5 Å². The molecule has 2 aromatic rings. The predicted molar refractivity (Wildman–Crippen MR) is 82.0 cm³/mol. The Bertz CT molecular complexity index is 742. The molecule has 0 bridgehead atoms. The highest BCUT2D eigenvalue weighted by Gasteiger charge is 2.22. The minimum absolute atomic E-state index is 0.189. The van der Waals surface area contributed by atoms with Crippen LogP contribution in [-0.2, 0) is 4.74 Å². The molecule has 1 heterocycles. The number of aromatic amines is 1. The molecular weight excluding hydrogens is 304 g/mol. The van der Waals surface area contributed by atoms with Crippen molar-refractivity contribution < 1.29 is 24.2 Å². The fraction of sp³-hybridized carbons (Fsp3) is 0.467. The average Bonchev–Trinajstić information content (AvgIpc) is 2.81. The normalized spacial score (nSPS) is 14.5. The third kappa shape index (κ3) is 4.57. The fourth-order valence-electron chi connectivity index (χ4n) is 1.98. The fourth-order valence-corrected chi connectivity index (χ4v) is 1.98. The third-order valence-electron chi connectivity index (χ3n) is 3.01. The van der Waals surface area contributed by atoms with Gasteiger partial charge >= 0.3 is 11.8 Å². The molecular formula is C15H20N2O6. The van der Waals surface area contributed by atoms with Crippen LogP contribution in [0.1, 0.15) is 32.4 Å². The predicted octanol–water partition coefficient (Wildman–Crippen LogP) is 1.04. The van der Waals surface area contributed by atoms with Crippen molar-refractivity contribution in [3.8, 4) is 0 Å². The van der Waals surface area contributed by atoms with Crippen molar-refractivity contribution in [1.82, 2.24) is 10.3 Å². The van der Waals surface area contributed by atoms with E-state index in [0.717, 1.165) is 0 Å². The Morgan fingerprint density at radius 1 is 1.39 bits per heavy atom. The third-order valence-corrected chi connectivity index (χ3v) is 3.01. The lowest BCUT2D eigenvalue weighted by Crippen LogP contribution is -2.38. The summed E-state index contributed by atoms with van der Waals surface area (Å²) in [5, 5.41) is 22.5. The zero-order valence-electron chi connectivity index (χ0n) is 13.1. The molecule has 0 saturated heterocycles. The molecule has 0 fully saturated rings. The first kappa shape index (κ1) is 17.0. The van der Waals surface area contributed by atoms with Gasteiger partial charge < -0.3 is 24.7 Å². The maximum Gasteiger partial charge on any atom is 0.417 e. The van der Waals surface area contributed by atoms with Gasteiger partial charge in [0.2, 0.25) is 0 Å². The SMILES string of the molecule is CC(C)(C)OC(=O)NCC(O)C(O)c1ccc2[nH]c(=O)oc2c1. The topological polar surface area (TPSA) is 125 Å². The van der Waals surface area contributed by atoms with Gasteiger partial charge in [-0.15, -0.1) is 0 Å². The highest BCUT2D eigenvalue weighted by Crippen LogP contribution is 2.21. The molecule has 1 aromatic heterocycles. The zero-order chi connectivity index (χ0) is 17.2. The number of rotatable bonds is 4. The van der Waals surface area contributed by atoms with E-state index in [2.05, 4.69) is 10.3 Å². The summed E-state index contributed by atoms with van der Waals surface area (Å²) in [7, 11) is 0. The van der Waals surface area contributed by atoms with Gasteiger partial charge in [-0.1, -0.05) is 6.07 Å². The van der Waals surface area contributed by atoms with E-state index >= 15 is 0 Å². The number of nitrogens with one attached hydrogen (secondary N) is 2. The highest BCUT2D eigenvalue weighted by atomic mass is 16.6. The number of alkyl carbamates (subject to hydrolysis) is 1. The van der Waals surface area contributed by atoms with Crippen LogP contribution >= 0.6 is 0 Å². The molecule has 2 atom stereocenters. The molecule has 0 aliphatic carbocycles. The lowest BCUT2D eigenvalue weighted by atomic mass is 10.0. The van der Waals surface area contributed by atoms with Crippen molar-refractivity contribution in [2.24, 2.45) is 0 Å². The van der Waals surface area contributed by atoms with Crippen molar-refractivity contribution >= 4 is 17.2 Å². The van der Waals surface area contributed by atoms with Crippen LogP contribution in [0.2, 0.25) is 0 Å². The molecule has 0 aliphatic heterocycles. The number of aliphatic hydroxyl groups is 2. The van der Waals surface area contributed by atoms with E-state index in [-0.39, 0.29) is 12.1 Å². The summed E-state index contributed by atoms with van der Waals surface area (Å²) in [5.74, 6) is -0.598. The van der Waals surface area contributed by atoms with Crippen LogP contribution < -0.4 is 11.1 Å². The molecule has 1 amide bonds. The molecule has 8 nitrogen and oxygen atoms in total. The van der Waals surface area contributed by atoms with Crippen LogP contribution in [0.5, 0.6) is 0 Å². The quantitative estimate of drug-likeness (QED) is 0.666. The van der Waals surface area contributed by atoms with Crippen LogP contribution in [0.4, 0.5) is 4.79 Å². The summed E-state index contributed by atoms with van der Waals surface area (Å²) in [5.41, 5.74) is 0.481. The Hall–Kier alpha value is -2.32. The average molecular weight is 324 g/mol. The number of carbonyl (C=O) groups is 1. The molecule has 0 spiro atoms. The second-order valence-corrected chi connectivity index (χ2v) is 6.17. The molecule has 1 aromatic carbocycles. The number of carbonyl (C=O) groups excluding carboxylic acids is 1. The lowest BCUT2D eigenvalue weighted by molar-refractivity contribution is 0.0129. The molecule has 2 rings (SSSR count). The number of amides is 1. The van der Waals surface area contributed by atoms with Crippen molar-refractivity contribution in [3.05, 3.63) is 34.3 Å². The number of benzene rings is 1. The van der Waals surface area contributed by atoms with E-state index in [1.807, 2.05) is 0 Å².